The van der Waals surface area contributed by atoms with Gasteiger partial charge < -0.3 is 10.2 Å². The standard InChI is InChI=1S/C16H19N3O3/c1-11-4-2-3-5-13(11)16(22)6-7-19(10-16)9-12-8-17-18-14(12)15(20)21/h2-5,8,22H,6-7,9-10H2,1H3,(H,17,18)(H,20,21). The number of aromatic amines is 1. The van der Waals surface area contributed by atoms with Crippen molar-refractivity contribution < 1.29 is 15.0 Å². The van der Waals surface area contributed by atoms with Crippen molar-refractivity contribution in [2.24, 2.45) is 0 Å². The quantitative estimate of drug-likeness (QED) is 0.796. The molecule has 22 heavy (non-hydrogen) atoms. The molecule has 1 aliphatic heterocycles. The van der Waals surface area contributed by atoms with Crippen LogP contribution in [0.3, 0.4) is 0 Å². The molecule has 0 saturated carbocycles. The minimum absolute atomic E-state index is 0.117. The van der Waals surface area contributed by atoms with Gasteiger partial charge in [0.2, 0.25) is 0 Å². The van der Waals surface area contributed by atoms with Crippen molar-refractivity contribution in [3.05, 3.63) is 52.8 Å². The van der Waals surface area contributed by atoms with E-state index < -0.39 is 11.6 Å². The lowest BCUT2D eigenvalue weighted by Crippen LogP contribution is -2.31. The lowest BCUT2D eigenvalue weighted by Gasteiger charge is -2.25. The molecule has 1 fully saturated rings. The van der Waals surface area contributed by atoms with Crippen LogP contribution in [0.1, 0.15) is 33.6 Å². The van der Waals surface area contributed by atoms with Crippen LogP contribution in [0.2, 0.25) is 0 Å². The Morgan fingerprint density at radius 2 is 2.23 bits per heavy atom. The fourth-order valence-corrected chi connectivity index (χ4v) is 3.18. The highest BCUT2D eigenvalue weighted by Crippen LogP contribution is 2.34. The zero-order chi connectivity index (χ0) is 15.7. The lowest BCUT2D eigenvalue weighted by atomic mass is 9.89. The number of carbonyl (C=O) groups is 1. The second-order valence-electron chi connectivity index (χ2n) is 5.88. The summed E-state index contributed by atoms with van der Waals surface area (Å²) in [6.45, 7) is 3.66. The molecule has 0 amide bonds. The number of rotatable bonds is 4. The number of aryl methyl sites for hydroxylation is 1. The molecule has 6 heteroatoms. The van der Waals surface area contributed by atoms with E-state index in [1.54, 1.807) is 0 Å². The number of nitrogens with one attached hydrogen (secondary N) is 1. The van der Waals surface area contributed by atoms with Crippen molar-refractivity contribution in [3.8, 4) is 0 Å². The Balaban J connectivity index is 1.76. The molecule has 1 saturated heterocycles. The first kappa shape index (κ1) is 14.7. The Bertz CT molecular complexity index is 697. The van der Waals surface area contributed by atoms with Gasteiger partial charge in [0, 0.05) is 25.2 Å². The van der Waals surface area contributed by atoms with Crippen LogP contribution in [0.15, 0.2) is 30.5 Å². The summed E-state index contributed by atoms with van der Waals surface area (Å²) in [6.07, 6.45) is 2.17. The second kappa shape index (κ2) is 5.55. The number of aromatic carboxylic acids is 1. The van der Waals surface area contributed by atoms with E-state index in [1.807, 2.05) is 31.2 Å². The maximum Gasteiger partial charge on any atom is 0.354 e. The number of benzene rings is 1. The van der Waals surface area contributed by atoms with Crippen LogP contribution in [0.4, 0.5) is 0 Å². The summed E-state index contributed by atoms with van der Waals surface area (Å²) in [4.78, 5) is 13.2. The minimum Gasteiger partial charge on any atom is -0.477 e. The van der Waals surface area contributed by atoms with E-state index in [9.17, 15) is 9.90 Å². The van der Waals surface area contributed by atoms with Crippen molar-refractivity contribution in [2.45, 2.75) is 25.5 Å². The summed E-state index contributed by atoms with van der Waals surface area (Å²) < 4.78 is 0. The number of carboxylic acid groups (broad SMARTS) is 1. The van der Waals surface area contributed by atoms with E-state index in [1.165, 1.54) is 6.20 Å². The fourth-order valence-electron chi connectivity index (χ4n) is 3.18. The smallest absolute Gasteiger partial charge is 0.354 e. The lowest BCUT2D eigenvalue weighted by molar-refractivity contribution is 0.0446. The topological polar surface area (TPSA) is 89.5 Å². The van der Waals surface area contributed by atoms with Crippen molar-refractivity contribution in [2.75, 3.05) is 13.1 Å². The summed E-state index contributed by atoms with van der Waals surface area (Å²) in [5.41, 5.74) is 1.90. The van der Waals surface area contributed by atoms with Gasteiger partial charge in [-0.1, -0.05) is 24.3 Å². The summed E-state index contributed by atoms with van der Waals surface area (Å²) in [5.74, 6) is -1.01. The second-order valence-corrected chi connectivity index (χ2v) is 5.88. The number of likely N-dealkylation sites (tertiary alicyclic amines) is 1. The first-order chi connectivity index (χ1) is 10.5. The van der Waals surface area contributed by atoms with Gasteiger partial charge in [-0.05, 0) is 24.5 Å². The van der Waals surface area contributed by atoms with Gasteiger partial charge in [-0.15, -0.1) is 0 Å². The number of β-amino-alcohol motifs (C(OH)–C–C–N with tert-alkyl or cyclic N) is 1. The van der Waals surface area contributed by atoms with E-state index in [-0.39, 0.29) is 5.69 Å². The third-order valence-electron chi connectivity index (χ3n) is 4.30. The maximum atomic E-state index is 11.1. The summed E-state index contributed by atoms with van der Waals surface area (Å²) >= 11 is 0. The van der Waals surface area contributed by atoms with Crippen LogP contribution < -0.4 is 0 Å². The molecule has 1 aromatic carbocycles. The molecule has 0 bridgehead atoms. The average Bonchev–Trinajstić information content (AvgIpc) is 3.07. The minimum atomic E-state index is -1.01. The first-order valence-corrected chi connectivity index (χ1v) is 7.26. The first-order valence-electron chi connectivity index (χ1n) is 7.26. The molecule has 1 aromatic heterocycles. The van der Waals surface area contributed by atoms with Crippen molar-refractivity contribution >= 4 is 5.97 Å². The van der Waals surface area contributed by atoms with Crippen molar-refractivity contribution in [1.82, 2.24) is 15.1 Å². The highest BCUT2D eigenvalue weighted by Gasteiger charge is 2.38. The normalized spacial score (nSPS) is 22.1. The molecule has 6 nitrogen and oxygen atoms in total. The largest absolute Gasteiger partial charge is 0.477 e. The Morgan fingerprint density at radius 3 is 2.95 bits per heavy atom. The van der Waals surface area contributed by atoms with Crippen LogP contribution in [0.25, 0.3) is 0 Å². The number of carboxylic acids is 1. The molecule has 1 unspecified atom stereocenters. The third-order valence-corrected chi connectivity index (χ3v) is 4.30. The van der Waals surface area contributed by atoms with E-state index in [0.717, 1.165) is 17.7 Å². The molecular formula is C16H19N3O3. The molecule has 3 rings (SSSR count). The SMILES string of the molecule is Cc1ccccc1C1(O)CCN(Cc2cn[nH]c2C(=O)O)C1. The number of hydrogen-bond acceptors (Lipinski definition) is 4. The van der Waals surface area contributed by atoms with Gasteiger partial charge in [0.25, 0.3) is 0 Å². The predicted octanol–water partition coefficient (Wildman–Crippen LogP) is 1.51. The number of aromatic nitrogens is 2. The molecule has 116 valence electrons. The van der Waals surface area contributed by atoms with E-state index >= 15 is 0 Å². The van der Waals surface area contributed by atoms with E-state index in [0.29, 0.717) is 25.1 Å². The molecule has 1 atom stereocenters. The summed E-state index contributed by atoms with van der Waals surface area (Å²) in [5, 5.41) is 26.3. The van der Waals surface area contributed by atoms with Gasteiger partial charge in [-0.3, -0.25) is 10.00 Å². The maximum absolute atomic E-state index is 11.1. The Kier molecular flexibility index (Phi) is 3.72. The molecule has 2 aromatic rings. The molecule has 0 radical (unpaired) electrons. The summed E-state index contributed by atoms with van der Waals surface area (Å²) in [7, 11) is 0. The van der Waals surface area contributed by atoms with Crippen LogP contribution in [0, 0.1) is 6.92 Å². The monoisotopic (exact) mass is 301 g/mol. The summed E-state index contributed by atoms with van der Waals surface area (Å²) in [6, 6.07) is 7.84. The fraction of sp³-hybridized carbons (Fsp3) is 0.375. The third kappa shape index (κ3) is 2.63. The van der Waals surface area contributed by atoms with Crippen molar-refractivity contribution in [1.29, 1.82) is 0 Å². The number of aliphatic hydroxyl groups is 1. The van der Waals surface area contributed by atoms with Gasteiger partial charge in [-0.2, -0.15) is 5.10 Å². The highest BCUT2D eigenvalue weighted by atomic mass is 16.4. The number of hydrogen-bond donors (Lipinski definition) is 3. The Morgan fingerprint density at radius 1 is 1.45 bits per heavy atom. The molecule has 0 spiro atoms. The van der Waals surface area contributed by atoms with Gasteiger partial charge in [-0.25, -0.2) is 4.79 Å². The zero-order valence-electron chi connectivity index (χ0n) is 12.4. The predicted molar refractivity (Wildman–Crippen MR) is 80.5 cm³/mol. The molecular weight excluding hydrogens is 282 g/mol. The van der Waals surface area contributed by atoms with Gasteiger partial charge in [0.15, 0.2) is 0 Å². The molecule has 3 N–H and O–H groups in total. The zero-order valence-corrected chi connectivity index (χ0v) is 12.4. The van der Waals surface area contributed by atoms with Gasteiger partial charge >= 0.3 is 5.97 Å². The molecule has 2 heterocycles. The van der Waals surface area contributed by atoms with Gasteiger partial charge in [0.1, 0.15) is 11.3 Å². The van der Waals surface area contributed by atoms with Crippen LogP contribution >= 0.6 is 0 Å². The number of nitrogens with zero attached hydrogens (tertiary/aromatic N) is 2. The highest BCUT2D eigenvalue weighted by molar-refractivity contribution is 5.86. The van der Waals surface area contributed by atoms with Crippen LogP contribution in [-0.2, 0) is 12.1 Å². The molecule has 0 aliphatic carbocycles. The van der Waals surface area contributed by atoms with E-state index in [2.05, 4.69) is 15.1 Å². The van der Waals surface area contributed by atoms with E-state index in [4.69, 9.17) is 5.11 Å². The Labute approximate surface area is 128 Å². The van der Waals surface area contributed by atoms with Crippen LogP contribution in [0.5, 0.6) is 0 Å². The number of H-pyrrole nitrogens is 1. The average molecular weight is 301 g/mol. The van der Waals surface area contributed by atoms with Crippen LogP contribution in [-0.4, -0.2) is 44.4 Å². The Hall–Kier alpha value is -2.18. The molecule has 1 aliphatic rings. The van der Waals surface area contributed by atoms with Gasteiger partial charge in [0.05, 0.1) is 6.20 Å². The van der Waals surface area contributed by atoms with Crippen molar-refractivity contribution in [3.63, 3.8) is 0 Å².